The number of aromatic nitrogens is 1. The smallest absolute Gasteiger partial charge is 0.191 e. The van der Waals surface area contributed by atoms with Crippen molar-refractivity contribution >= 4 is 35.8 Å². The van der Waals surface area contributed by atoms with E-state index in [0.29, 0.717) is 12.5 Å². The van der Waals surface area contributed by atoms with Crippen LogP contribution in [0.5, 0.6) is 0 Å². The van der Waals surface area contributed by atoms with Crippen LogP contribution >= 0.6 is 24.0 Å². The quantitative estimate of drug-likeness (QED) is 0.371. The third-order valence-corrected chi connectivity index (χ3v) is 3.98. The van der Waals surface area contributed by atoms with Gasteiger partial charge in [0.25, 0.3) is 0 Å². The number of hydrogen-bond donors (Lipinski definition) is 2. The van der Waals surface area contributed by atoms with Crippen molar-refractivity contribution in [1.82, 2.24) is 15.6 Å². The number of hydrogen-bond acceptors (Lipinski definition) is 3. The molecule has 0 fully saturated rings. The summed E-state index contributed by atoms with van der Waals surface area (Å²) in [4.78, 5) is 11.0. The Balaban J connectivity index is 0.00000338. The Labute approximate surface area is 174 Å². The first kappa shape index (κ1) is 22.2. The van der Waals surface area contributed by atoms with Gasteiger partial charge in [0.15, 0.2) is 5.96 Å². The van der Waals surface area contributed by atoms with Crippen LogP contribution in [0.3, 0.4) is 0 Å². The maximum absolute atomic E-state index is 4.70. The van der Waals surface area contributed by atoms with Crippen molar-refractivity contribution < 1.29 is 0 Å². The van der Waals surface area contributed by atoms with E-state index in [0.717, 1.165) is 30.4 Å². The molecule has 26 heavy (non-hydrogen) atoms. The molecule has 2 aromatic rings. The van der Waals surface area contributed by atoms with Gasteiger partial charge in [0.1, 0.15) is 5.82 Å². The van der Waals surface area contributed by atoms with E-state index in [9.17, 15) is 0 Å². The van der Waals surface area contributed by atoms with Gasteiger partial charge in [-0.3, -0.25) is 0 Å². The Morgan fingerprint density at radius 2 is 1.88 bits per heavy atom. The van der Waals surface area contributed by atoms with Gasteiger partial charge >= 0.3 is 0 Å². The van der Waals surface area contributed by atoms with Gasteiger partial charge in [-0.25, -0.2) is 9.98 Å². The molecule has 0 saturated carbocycles. The highest BCUT2D eigenvalue weighted by Crippen LogP contribution is 2.13. The van der Waals surface area contributed by atoms with Crippen LogP contribution in [0.2, 0.25) is 0 Å². The zero-order valence-corrected chi connectivity index (χ0v) is 18.4. The van der Waals surface area contributed by atoms with Gasteiger partial charge in [0.2, 0.25) is 0 Å². The molecule has 1 aromatic carbocycles. The molecule has 1 aromatic heterocycles. The molecule has 0 spiro atoms. The third-order valence-electron chi connectivity index (χ3n) is 3.98. The molecule has 5 nitrogen and oxygen atoms in total. The van der Waals surface area contributed by atoms with Gasteiger partial charge in [-0.05, 0) is 36.1 Å². The molecule has 1 unspecified atom stereocenters. The average Bonchev–Trinajstić information content (AvgIpc) is 2.64. The van der Waals surface area contributed by atoms with E-state index in [-0.39, 0.29) is 24.0 Å². The van der Waals surface area contributed by atoms with Crippen LogP contribution in [0.4, 0.5) is 5.82 Å². The number of rotatable bonds is 7. The third kappa shape index (κ3) is 7.19. The van der Waals surface area contributed by atoms with E-state index in [1.54, 1.807) is 0 Å². The molecule has 0 aliphatic carbocycles. The minimum absolute atomic E-state index is 0. The number of aliphatic imine (C=N–C) groups is 1. The summed E-state index contributed by atoms with van der Waals surface area (Å²) in [6.07, 6.45) is 1.83. The van der Waals surface area contributed by atoms with Crippen molar-refractivity contribution in [3.05, 3.63) is 59.8 Å². The van der Waals surface area contributed by atoms with E-state index in [2.05, 4.69) is 59.8 Å². The fourth-order valence-electron chi connectivity index (χ4n) is 2.46. The van der Waals surface area contributed by atoms with Gasteiger partial charge in [-0.1, -0.05) is 37.3 Å². The second-order valence-corrected chi connectivity index (χ2v) is 6.30. The number of halogens is 1. The predicted molar refractivity (Wildman–Crippen MR) is 122 cm³/mol. The van der Waals surface area contributed by atoms with Crippen LogP contribution in [0.25, 0.3) is 0 Å². The first-order valence-corrected chi connectivity index (χ1v) is 8.79. The first-order valence-electron chi connectivity index (χ1n) is 8.79. The van der Waals surface area contributed by atoms with Crippen LogP contribution in [0, 0.1) is 0 Å². The molecule has 0 bridgehead atoms. The highest BCUT2D eigenvalue weighted by Gasteiger charge is 2.06. The molecule has 2 N–H and O–H groups in total. The predicted octanol–water partition coefficient (Wildman–Crippen LogP) is 3.62. The Morgan fingerprint density at radius 3 is 2.54 bits per heavy atom. The van der Waals surface area contributed by atoms with Gasteiger partial charge < -0.3 is 15.5 Å². The largest absolute Gasteiger partial charge is 0.363 e. The Kier molecular flexibility index (Phi) is 10.0. The van der Waals surface area contributed by atoms with Crippen molar-refractivity contribution in [3.63, 3.8) is 0 Å². The summed E-state index contributed by atoms with van der Waals surface area (Å²) in [7, 11) is 3.98. The normalized spacial score (nSPS) is 12.1. The molecule has 0 aliphatic rings. The second kappa shape index (κ2) is 11.7. The number of pyridine rings is 1. The van der Waals surface area contributed by atoms with Crippen molar-refractivity contribution in [2.75, 3.05) is 32.1 Å². The maximum Gasteiger partial charge on any atom is 0.191 e. The molecule has 0 radical (unpaired) electrons. The minimum atomic E-state index is 0. The van der Waals surface area contributed by atoms with Crippen LogP contribution in [-0.2, 0) is 6.54 Å². The van der Waals surface area contributed by atoms with E-state index in [4.69, 9.17) is 4.99 Å². The zero-order valence-electron chi connectivity index (χ0n) is 16.1. The van der Waals surface area contributed by atoms with E-state index >= 15 is 0 Å². The summed E-state index contributed by atoms with van der Waals surface area (Å²) in [5.41, 5.74) is 2.47. The molecule has 2 rings (SSSR count). The summed E-state index contributed by atoms with van der Waals surface area (Å²) >= 11 is 0. The molecular weight excluding hydrogens is 437 g/mol. The van der Waals surface area contributed by atoms with E-state index in [1.807, 2.05) is 37.3 Å². The minimum Gasteiger partial charge on any atom is -0.363 e. The van der Waals surface area contributed by atoms with Crippen molar-refractivity contribution in [1.29, 1.82) is 0 Å². The van der Waals surface area contributed by atoms with Crippen molar-refractivity contribution in [3.8, 4) is 0 Å². The van der Waals surface area contributed by atoms with Crippen LogP contribution in [-0.4, -0.2) is 38.1 Å². The molecule has 0 saturated heterocycles. The molecule has 142 valence electrons. The van der Waals surface area contributed by atoms with Gasteiger partial charge in [-0.2, -0.15) is 0 Å². The lowest BCUT2D eigenvalue weighted by atomic mass is 10.0. The standard InChI is InChI=1S/C20H29N5.HI/c1-5-21-20(23-14-16(2)18-9-7-6-8-10-18)24-15-17-11-12-22-19(13-17)25(3)4;/h6-13,16H,5,14-15H2,1-4H3,(H2,21,23,24);1H. The topological polar surface area (TPSA) is 52.6 Å². The SMILES string of the molecule is CCNC(=NCc1ccnc(N(C)C)c1)NCC(C)c1ccccc1.I. The van der Waals surface area contributed by atoms with Crippen molar-refractivity contribution in [2.45, 2.75) is 26.3 Å². The number of benzene rings is 1. The maximum atomic E-state index is 4.70. The number of guanidine groups is 1. The lowest BCUT2D eigenvalue weighted by Crippen LogP contribution is -2.39. The molecular formula is C20H30IN5. The average molecular weight is 467 g/mol. The Bertz CT molecular complexity index is 673. The fraction of sp³-hybridized carbons (Fsp3) is 0.400. The van der Waals surface area contributed by atoms with Crippen molar-refractivity contribution in [2.24, 2.45) is 4.99 Å². The van der Waals surface area contributed by atoms with Gasteiger partial charge in [-0.15, -0.1) is 24.0 Å². The number of nitrogens with zero attached hydrogens (tertiary/aromatic N) is 3. The summed E-state index contributed by atoms with van der Waals surface area (Å²) < 4.78 is 0. The number of nitrogens with one attached hydrogen (secondary N) is 2. The molecule has 1 atom stereocenters. The molecule has 6 heteroatoms. The zero-order chi connectivity index (χ0) is 18.1. The Hall–Kier alpha value is -1.83. The summed E-state index contributed by atoms with van der Waals surface area (Å²) in [5, 5.41) is 6.75. The summed E-state index contributed by atoms with van der Waals surface area (Å²) in [6, 6.07) is 14.6. The van der Waals surface area contributed by atoms with Gasteiger partial charge in [0.05, 0.1) is 6.54 Å². The van der Waals surface area contributed by atoms with E-state index < -0.39 is 0 Å². The fourth-order valence-corrected chi connectivity index (χ4v) is 2.46. The molecule has 0 aliphatic heterocycles. The molecule has 1 heterocycles. The van der Waals surface area contributed by atoms with Crippen LogP contribution in [0.15, 0.2) is 53.7 Å². The highest BCUT2D eigenvalue weighted by molar-refractivity contribution is 14.0. The highest BCUT2D eigenvalue weighted by atomic mass is 127. The van der Waals surface area contributed by atoms with Crippen LogP contribution in [0.1, 0.15) is 30.9 Å². The first-order chi connectivity index (χ1) is 12.1. The lowest BCUT2D eigenvalue weighted by molar-refractivity contribution is 0.699. The van der Waals surface area contributed by atoms with E-state index in [1.165, 1.54) is 5.56 Å². The second-order valence-electron chi connectivity index (χ2n) is 6.30. The molecule has 0 amide bonds. The summed E-state index contributed by atoms with van der Waals surface area (Å²) in [6.45, 7) is 6.60. The van der Waals surface area contributed by atoms with Gasteiger partial charge in [0, 0.05) is 33.4 Å². The lowest BCUT2D eigenvalue weighted by Gasteiger charge is -2.16. The number of anilines is 1. The van der Waals surface area contributed by atoms with Crippen LogP contribution < -0.4 is 15.5 Å². The Morgan fingerprint density at radius 1 is 1.15 bits per heavy atom. The summed E-state index contributed by atoms with van der Waals surface area (Å²) in [5.74, 6) is 2.21. The monoisotopic (exact) mass is 467 g/mol.